The van der Waals surface area contributed by atoms with Crippen molar-refractivity contribution in [1.29, 1.82) is 0 Å². The van der Waals surface area contributed by atoms with Crippen LogP contribution in [0, 0.1) is 11.3 Å². The molecule has 3 aliphatic rings. The van der Waals surface area contributed by atoms with E-state index >= 15 is 0 Å². The second kappa shape index (κ2) is 13.7. The Labute approximate surface area is 273 Å². The Morgan fingerprint density at radius 3 is 2.35 bits per heavy atom. The third-order valence-corrected chi connectivity index (χ3v) is 9.67. The summed E-state index contributed by atoms with van der Waals surface area (Å²) in [7, 11) is 0. The zero-order valence-electron chi connectivity index (χ0n) is 27.9. The molecule has 248 valence electrons. The molecule has 10 heteroatoms. The van der Waals surface area contributed by atoms with Crippen LogP contribution in [0.5, 0.6) is 0 Å². The number of ketones is 1. The number of amides is 2. The van der Waals surface area contributed by atoms with E-state index in [9.17, 15) is 14.4 Å². The average Bonchev–Trinajstić information content (AvgIpc) is 3.42. The zero-order valence-corrected chi connectivity index (χ0v) is 27.9. The summed E-state index contributed by atoms with van der Waals surface area (Å²) in [4.78, 5) is 52.6. The van der Waals surface area contributed by atoms with Gasteiger partial charge < -0.3 is 30.2 Å². The number of allylic oxidation sites excluding steroid dienone is 1. The lowest BCUT2D eigenvalue weighted by Gasteiger charge is -2.39. The first-order valence-corrected chi connectivity index (χ1v) is 16.7. The molecule has 0 radical (unpaired) electrons. The summed E-state index contributed by atoms with van der Waals surface area (Å²) in [5.74, 6) is 0.688. The molecule has 0 unspecified atom stereocenters. The number of carbonyl (C=O) groups excluding carboxylic acids is 3. The van der Waals surface area contributed by atoms with E-state index in [0.717, 1.165) is 55.6 Å². The Hall–Kier alpha value is -4.08. The van der Waals surface area contributed by atoms with Gasteiger partial charge >= 0.3 is 6.09 Å². The molecule has 10 nitrogen and oxygen atoms in total. The van der Waals surface area contributed by atoms with Crippen molar-refractivity contribution in [2.45, 2.75) is 78.2 Å². The van der Waals surface area contributed by atoms with Gasteiger partial charge in [0.15, 0.2) is 11.6 Å². The van der Waals surface area contributed by atoms with E-state index in [4.69, 9.17) is 10.5 Å². The van der Waals surface area contributed by atoms with Crippen LogP contribution in [-0.4, -0.2) is 83.7 Å². The number of aromatic nitrogens is 1. The van der Waals surface area contributed by atoms with Crippen molar-refractivity contribution < 1.29 is 19.1 Å². The first kappa shape index (κ1) is 33.3. The zero-order chi connectivity index (χ0) is 33.1. The first-order valence-electron chi connectivity index (χ1n) is 16.7. The lowest BCUT2D eigenvalue weighted by atomic mass is 9.71. The van der Waals surface area contributed by atoms with E-state index in [-0.39, 0.29) is 29.1 Å². The van der Waals surface area contributed by atoms with Gasteiger partial charge in [0.1, 0.15) is 5.60 Å². The third-order valence-electron chi connectivity index (χ3n) is 9.67. The number of hydrogen-bond donors (Lipinski definition) is 2. The quantitative estimate of drug-likeness (QED) is 0.267. The molecule has 3 heterocycles. The Kier molecular flexibility index (Phi) is 9.93. The van der Waals surface area contributed by atoms with Crippen molar-refractivity contribution >= 4 is 46.8 Å². The molecule has 2 aromatic rings. The van der Waals surface area contributed by atoms with Crippen LogP contribution in [-0.2, 0) is 9.53 Å². The van der Waals surface area contributed by atoms with Crippen LogP contribution in [0.15, 0.2) is 42.0 Å². The predicted octanol–water partition coefficient (Wildman–Crippen LogP) is 6.46. The highest BCUT2D eigenvalue weighted by Gasteiger charge is 2.37. The topological polar surface area (TPSA) is 124 Å². The molecule has 3 N–H and O–H groups in total. The molecule has 0 bridgehead atoms. The number of Topliss-reactive ketones (excluding diaryl/α,β-unsaturated/α-hetero) is 1. The van der Waals surface area contributed by atoms with E-state index in [2.05, 4.69) is 40.5 Å². The van der Waals surface area contributed by atoms with Crippen molar-refractivity contribution in [2.75, 3.05) is 49.9 Å². The largest absolute Gasteiger partial charge is 0.444 e. The molecule has 0 spiro atoms. The summed E-state index contributed by atoms with van der Waals surface area (Å²) < 4.78 is 5.49. The van der Waals surface area contributed by atoms with Gasteiger partial charge in [0.05, 0.1) is 11.3 Å². The minimum atomic E-state index is -0.527. The molecule has 46 heavy (non-hydrogen) atoms. The summed E-state index contributed by atoms with van der Waals surface area (Å²) in [5.41, 5.74) is 9.14. The number of hydrogen-bond acceptors (Lipinski definition) is 7. The van der Waals surface area contributed by atoms with Crippen LogP contribution >= 0.6 is 0 Å². The average molecular weight is 631 g/mol. The molecule has 1 aromatic carbocycles. The van der Waals surface area contributed by atoms with Crippen LogP contribution in [0.1, 0.15) is 88.6 Å². The maximum Gasteiger partial charge on any atom is 0.410 e. The predicted molar refractivity (Wildman–Crippen MR) is 184 cm³/mol. The molecule has 1 aliphatic carbocycles. The Bertz CT molecular complexity index is 1470. The standard InChI is InChI=1S/C36H50N6O4/c1-25(23-38-32-30(37)29(24-39-32)31(43)36(5)14-7-6-8-15-36)27-10-9-11-28(22-27)40-18-20-41(21-19-40)33(44)26-12-16-42(17-13-26)34(45)46-35(2,3)4/h9-11,22-24,26,39H,1,6-8,12-21,37H2,2-5H3. The molecule has 3 fully saturated rings. The molecule has 2 saturated heterocycles. The van der Waals surface area contributed by atoms with Gasteiger partial charge in [0.25, 0.3) is 0 Å². The van der Waals surface area contributed by atoms with Gasteiger partial charge in [-0.15, -0.1) is 0 Å². The number of carbonyl (C=O) groups is 3. The Morgan fingerprint density at radius 2 is 1.70 bits per heavy atom. The van der Waals surface area contributed by atoms with Crippen LogP contribution in [0.3, 0.4) is 0 Å². The minimum Gasteiger partial charge on any atom is -0.444 e. The van der Waals surface area contributed by atoms with Crippen molar-refractivity contribution in [3.63, 3.8) is 0 Å². The van der Waals surface area contributed by atoms with E-state index < -0.39 is 5.60 Å². The second-order valence-corrected chi connectivity index (χ2v) is 14.3. The van der Waals surface area contributed by atoms with Crippen molar-refractivity contribution in [1.82, 2.24) is 14.8 Å². The number of nitrogens with two attached hydrogens (primary N) is 1. The fourth-order valence-electron chi connectivity index (χ4n) is 6.80. The van der Waals surface area contributed by atoms with Crippen molar-refractivity contribution in [2.24, 2.45) is 16.3 Å². The fourth-order valence-corrected chi connectivity index (χ4v) is 6.80. The van der Waals surface area contributed by atoms with Crippen molar-refractivity contribution in [3.05, 3.63) is 48.2 Å². The number of aromatic amines is 1. The number of nitrogens with one attached hydrogen (secondary N) is 1. The van der Waals surface area contributed by atoms with Crippen LogP contribution in [0.2, 0.25) is 0 Å². The van der Waals surface area contributed by atoms with Gasteiger partial charge in [-0.1, -0.05) is 44.9 Å². The highest BCUT2D eigenvalue weighted by molar-refractivity contribution is 6.11. The molecule has 2 amide bonds. The van der Waals surface area contributed by atoms with Gasteiger partial charge in [-0.05, 0) is 69.7 Å². The molecule has 5 rings (SSSR count). The number of piperazine rings is 1. The maximum absolute atomic E-state index is 13.3. The Balaban J connectivity index is 1.13. The molecular formula is C36H50N6O4. The highest BCUT2D eigenvalue weighted by atomic mass is 16.6. The Morgan fingerprint density at radius 1 is 1.02 bits per heavy atom. The maximum atomic E-state index is 13.3. The summed E-state index contributed by atoms with van der Waals surface area (Å²) in [6.45, 7) is 15.7. The number of likely N-dealkylation sites (tertiary alicyclic amines) is 1. The number of nitrogen functional groups attached to an aromatic ring is 1. The number of rotatable bonds is 7. The molecular weight excluding hydrogens is 580 g/mol. The lowest BCUT2D eigenvalue weighted by molar-refractivity contribution is -0.137. The molecule has 1 aromatic heterocycles. The summed E-state index contributed by atoms with van der Waals surface area (Å²) in [6.07, 6.45) is 9.50. The number of H-pyrrole nitrogens is 1. The number of anilines is 2. The van der Waals surface area contributed by atoms with Gasteiger partial charge in [0, 0.05) is 68.7 Å². The number of nitrogens with zero attached hydrogens (tertiary/aromatic N) is 4. The molecule has 1 saturated carbocycles. The van der Waals surface area contributed by atoms with E-state index in [0.29, 0.717) is 56.1 Å². The van der Waals surface area contributed by atoms with Crippen LogP contribution < -0.4 is 10.6 Å². The number of piperidine rings is 1. The van der Waals surface area contributed by atoms with Gasteiger partial charge in [-0.2, -0.15) is 0 Å². The van der Waals surface area contributed by atoms with Gasteiger partial charge in [-0.3, -0.25) is 9.59 Å². The first-order chi connectivity index (χ1) is 21.8. The minimum absolute atomic E-state index is 0.0607. The summed E-state index contributed by atoms with van der Waals surface area (Å²) >= 11 is 0. The lowest BCUT2D eigenvalue weighted by Crippen LogP contribution is -2.52. The number of ether oxygens (including phenoxy) is 1. The van der Waals surface area contributed by atoms with E-state index in [1.54, 1.807) is 17.3 Å². The van der Waals surface area contributed by atoms with Crippen LogP contribution in [0.4, 0.5) is 22.0 Å². The fraction of sp³-hybridized carbons (Fsp3) is 0.556. The van der Waals surface area contributed by atoms with Crippen LogP contribution in [0.25, 0.3) is 5.57 Å². The monoisotopic (exact) mass is 630 g/mol. The van der Waals surface area contributed by atoms with Gasteiger partial charge in [-0.25, -0.2) is 9.79 Å². The molecule has 0 atom stereocenters. The SMILES string of the molecule is C=C(C=Nc1[nH]cc(C(=O)C2(C)CCCCC2)c1N)c1cccc(N2CCN(C(=O)C3CCN(C(=O)OC(C)(C)C)CC3)CC2)c1. The smallest absolute Gasteiger partial charge is 0.410 e. The third kappa shape index (κ3) is 7.65. The number of aliphatic imine (C=N–C) groups is 1. The normalized spacial score (nSPS) is 19.3. The second-order valence-electron chi connectivity index (χ2n) is 14.3. The van der Waals surface area contributed by atoms with Gasteiger partial charge in [0.2, 0.25) is 5.91 Å². The summed E-state index contributed by atoms with van der Waals surface area (Å²) in [6, 6.07) is 8.17. The molecule has 2 aliphatic heterocycles. The van der Waals surface area contributed by atoms with E-state index in [1.165, 1.54) is 6.42 Å². The van der Waals surface area contributed by atoms with E-state index in [1.807, 2.05) is 37.8 Å². The highest BCUT2D eigenvalue weighted by Crippen LogP contribution is 2.41. The number of benzene rings is 1. The van der Waals surface area contributed by atoms with Crippen molar-refractivity contribution in [3.8, 4) is 0 Å². The summed E-state index contributed by atoms with van der Waals surface area (Å²) in [5, 5.41) is 0.